The molecule has 1 aromatic heterocycles. The van der Waals surface area contributed by atoms with Gasteiger partial charge in [0.05, 0.1) is 19.2 Å². The quantitative estimate of drug-likeness (QED) is 0.803. The molecule has 2 aliphatic rings. The zero-order chi connectivity index (χ0) is 20.9. The number of aromatic nitrogens is 1. The van der Waals surface area contributed by atoms with E-state index < -0.39 is 35.0 Å². The maximum Gasteiger partial charge on any atom is 0.276 e. The summed E-state index contributed by atoms with van der Waals surface area (Å²) in [5, 5.41) is 12.8. The first kappa shape index (κ1) is 19.1. The van der Waals surface area contributed by atoms with E-state index in [0.717, 1.165) is 5.56 Å². The molecule has 0 aliphatic carbocycles. The maximum atomic E-state index is 14.0. The Labute approximate surface area is 165 Å². The Morgan fingerprint density at radius 3 is 2.86 bits per heavy atom. The van der Waals surface area contributed by atoms with Gasteiger partial charge >= 0.3 is 0 Å². The van der Waals surface area contributed by atoms with E-state index in [9.17, 15) is 23.9 Å². The van der Waals surface area contributed by atoms with Gasteiger partial charge in [-0.2, -0.15) is 0 Å². The smallest absolute Gasteiger partial charge is 0.276 e. The number of amides is 2. The fourth-order valence-electron chi connectivity index (χ4n) is 3.70. The molecule has 8 nitrogen and oxygen atoms in total. The molecule has 2 N–H and O–H groups in total. The molecule has 0 spiro atoms. The minimum Gasteiger partial charge on any atom is -0.503 e. The highest BCUT2D eigenvalue weighted by atomic mass is 19.1. The Balaban J connectivity index is 1.62. The molecule has 2 aromatic rings. The number of fused-ring (bicyclic) bond motifs is 2. The van der Waals surface area contributed by atoms with E-state index in [1.165, 1.54) is 21.7 Å². The lowest BCUT2D eigenvalue weighted by atomic mass is 10.1. The Bertz CT molecular complexity index is 1080. The second-order valence-electron chi connectivity index (χ2n) is 7.35. The van der Waals surface area contributed by atoms with Gasteiger partial charge in [-0.05, 0) is 25.5 Å². The second-order valence-corrected chi connectivity index (χ2v) is 7.35. The van der Waals surface area contributed by atoms with Crippen molar-refractivity contribution in [3.05, 3.63) is 62.8 Å². The minimum atomic E-state index is -0.947. The van der Waals surface area contributed by atoms with Gasteiger partial charge in [-0.3, -0.25) is 14.4 Å². The van der Waals surface area contributed by atoms with E-state index in [1.807, 2.05) is 6.92 Å². The topological polar surface area (TPSA) is 101 Å². The Hall–Kier alpha value is -3.20. The zero-order valence-corrected chi connectivity index (χ0v) is 15.9. The number of benzene rings is 1. The number of hydrogen-bond acceptors (Lipinski definition) is 5. The van der Waals surface area contributed by atoms with Crippen LogP contribution in [0.1, 0.15) is 38.9 Å². The number of rotatable bonds is 3. The summed E-state index contributed by atoms with van der Waals surface area (Å²) in [5.41, 5.74) is -0.420. The summed E-state index contributed by atoms with van der Waals surface area (Å²) in [7, 11) is 0. The van der Waals surface area contributed by atoms with Gasteiger partial charge in [0, 0.05) is 18.3 Å². The van der Waals surface area contributed by atoms with Gasteiger partial charge < -0.3 is 24.6 Å². The molecule has 0 bridgehead atoms. The largest absolute Gasteiger partial charge is 0.503 e. The summed E-state index contributed by atoms with van der Waals surface area (Å²) >= 11 is 0. The van der Waals surface area contributed by atoms with Crippen molar-refractivity contribution in [3.8, 4) is 5.75 Å². The molecule has 0 radical (unpaired) electrons. The molecular weight excluding hydrogens is 381 g/mol. The van der Waals surface area contributed by atoms with Gasteiger partial charge in [0.15, 0.2) is 17.7 Å². The lowest BCUT2D eigenvalue weighted by Gasteiger charge is -2.33. The number of ether oxygens (including phenoxy) is 1. The van der Waals surface area contributed by atoms with Crippen molar-refractivity contribution in [2.24, 2.45) is 0 Å². The molecule has 1 aromatic carbocycles. The SMILES string of the molecule is Cc1ccc(CNC(=O)c2cn3c(c(O)c2=O)C(=O)N2[C@@H](C)CO[C@@H]2C3)c(F)c1. The van der Waals surface area contributed by atoms with Gasteiger partial charge in [0.1, 0.15) is 11.4 Å². The number of aromatic hydroxyl groups is 1. The van der Waals surface area contributed by atoms with Crippen molar-refractivity contribution in [1.29, 1.82) is 0 Å². The van der Waals surface area contributed by atoms with Crippen molar-refractivity contribution in [3.63, 3.8) is 0 Å². The number of aryl methyl sites for hydroxylation is 1. The average molecular weight is 401 g/mol. The minimum absolute atomic E-state index is 0.122. The summed E-state index contributed by atoms with van der Waals surface area (Å²) in [6.45, 7) is 3.98. The van der Waals surface area contributed by atoms with Crippen molar-refractivity contribution in [2.45, 2.75) is 39.2 Å². The van der Waals surface area contributed by atoms with Crippen LogP contribution in [0.4, 0.5) is 4.39 Å². The van der Waals surface area contributed by atoms with Gasteiger partial charge in [-0.25, -0.2) is 4.39 Å². The van der Waals surface area contributed by atoms with E-state index in [2.05, 4.69) is 5.32 Å². The summed E-state index contributed by atoms with van der Waals surface area (Å²) < 4.78 is 20.9. The van der Waals surface area contributed by atoms with Crippen molar-refractivity contribution in [2.75, 3.05) is 6.61 Å². The van der Waals surface area contributed by atoms with E-state index >= 15 is 0 Å². The molecule has 1 saturated heterocycles. The van der Waals surface area contributed by atoms with Gasteiger partial charge in [0.25, 0.3) is 11.8 Å². The summed E-state index contributed by atoms with van der Waals surface area (Å²) in [4.78, 5) is 39.3. The predicted octanol–water partition coefficient (Wildman–Crippen LogP) is 1.13. The van der Waals surface area contributed by atoms with Crippen LogP contribution in [0.2, 0.25) is 0 Å². The highest BCUT2D eigenvalue weighted by Crippen LogP contribution is 2.29. The molecule has 2 aliphatic heterocycles. The van der Waals surface area contributed by atoms with E-state index in [-0.39, 0.29) is 36.0 Å². The molecule has 2 atom stereocenters. The van der Waals surface area contributed by atoms with Crippen LogP contribution in [0.3, 0.4) is 0 Å². The van der Waals surface area contributed by atoms with Crippen LogP contribution in [0.25, 0.3) is 0 Å². The first-order valence-electron chi connectivity index (χ1n) is 9.22. The van der Waals surface area contributed by atoms with Crippen LogP contribution in [0.15, 0.2) is 29.2 Å². The highest BCUT2D eigenvalue weighted by Gasteiger charge is 2.42. The van der Waals surface area contributed by atoms with Crippen molar-refractivity contribution < 1.29 is 23.8 Å². The zero-order valence-electron chi connectivity index (χ0n) is 15.9. The molecular formula is C20H20FN3O5. The summed E-state index contributed by atoms with van der Waals surface area (Å²) in [6, 6.07) is 4.43. The number of pyridine rings is 1. The molecule has 0 saturated carbocycles. The van der Waals surface area contributed by atoms with Crippen molar-refractivity contribution in [1.82, 2.24) is 14.8 Å². The summed E-state index contributed by atoms with van der Waals surface area (Å²) in [5.74, 6) is -2.53. The van der Waals surface area contributed by atoms with Crippen LogP contribution in [-0.2, 0) is 17.8 Å². The first-order chi connectivity index (χ1) is 13.8. The molecule has 9 heteroatoms. The second kappa shape index (κ2) is 7.00. The third kappa shape index (κ3) is 3.17. The number of hydrogen-bond donors (Lipinski definition) is 2. The van der Waals surface area contributed by atoms with Crippen molar-refractivity contribution >= 4 is 11.8 Å². The Morgan fingerprint density at radius 1 is 1.38 bits per heavy atom. The van der Waals surface area contributed by atoms with Gasteiger partial charge in [-0.15, -0.1) is 0 Å². The first-order valence-corrected chi connectivity index (χ1v) is 9.22. The number of carbonyl (C=O) groups is 2. The van der Waals surface area contributed by atoms with Gasteiger partial charge in [0.2, 0.25) is 5.43 Å². The Morgan fingerprint density at radius 2 is 2.14 bits per heavy atom. The molecule has 2 amide bonds. The standard InChI is InChI=1S/C20H20FN3O5/c1-10-3-4-12(14(21)5-10)6-22-19(27)13-7-23-8-15-24(11(2)9-29-15)20(28)16(23)18(26)17(13)25/h3-5,7,11,15,26H,6,8-9H2,1-2H3,(H,22,27)/t11-,15+/m0/s1. The highest BCUT2D eigenvalue weighted by molar-refractivity contribution is 5.99. The molecule has 0 unspecified atom stereocenters. The van der Waals surface area contributed by atoms with Crippen LogP contribution < -0.4 is 10.7 Å². The number of nitrogens with zero attached hydrogens (tertiary/aromatic N) is 2. The lowest BCUT2D eigenvalue weighted by Crippen LogP contribution is -2.49. The number of nitrogens with one attached hydrogen (secondary N) is 1. The molecule has 4 rings (SSSR count). The van der Waals surface area contributed by atoms with E-state index in [1.54, 1.807) is 19.1 Å². The van der Waals surface area contributed by atoms with Crippen LogP contribution in [-0.4, -0.2) is 45.3 Å². The fraction of sp³-hybridized carbons (Fsp3) is 0.350. The molecule has 29 heavy (non-hydrogen) atoms. The van der Waals surface area contributed by atoms with Crippen LogP contribution in [0, 0.1) is 12.7 Å². The third-order valence-electron chi connectivity index (χ3n) is 5.25. The van der Waals surface area contributed by atoms with E-state index in [4.69, 9.17) is 4.74 Å². The average Bonchev–Trinajstić information content (AvgIpc) is 3.04. The van der Waals surface area contributed by atoms with Crippen LogP contribution >= 0.6 is 0 Å². The number of carbonyl (C=O) groups excluding carboxylic acids is 2. The fourth-order valence-corrected chi connectivity index (χ4v) is 3.70. The van der Waals surface area contributed by atoms with E-state index in [0.29, 0.717) is 6.61 Å². The molecule has 3 heterocycles. The molecule has 152 valence electrons. The van der Waals surface area contributed by atoms with Crippen LogP contribution in [0.5, 0.6) is 5.75 Å². The molecule has 1 fully saturated rings. The normalized spacial score (nSPS) is 20.4. The number of halogens is 1. The summed E-state index contributed by atoms with van der Waals surface area (Å²) in [6.07, 6.45) is 0.712. The monoisotopic (exact) mass is 401 g/mol. The maximum absolute atomic E-state index is 14.0. The third-order valence-corrected chi connectivity index (χ3v) is 5.25. The lowest BCUT2D eigenvalue weighted by molar-refractivity contribution is 0.00624. The Kier molecular flexibility index (Phi) is 4.62. The predicted molar refractivity (Wildman–Crippen MR) is 100 cm³/mol. The van der Waals surface area contributed by atoms with Gasteiger partial charge in [-0.1, -0.05) is 12.1 Å².